The van der Waals surface area contributed by atoms with Crippen LogP contribution in [0.5, 0.6) is 0 Å². The molecule has 4 fully saturated rings. The Bertz CT molecular complexity index is 2530. The molecule has 0 amide bonds. The Morgan fingerprint density at radius 3 is 1.65 bits per heavy atom. The topological polar surface area (TPSA) is 36.7 Å². The third kappa shape index (κ3) is 4.68. The summed E-state index contributed by atoms with van der Waals surface area (Å²) in [4.78, 5) is 5.12. The fourth-order valence-electron chi connectivity index (χ4n) is 11.6. The molecule has 0 unspecified atom stereocenters. The average molecular weight is 693 g/mol. The Hall–Kier alpha value is -6.04. The summed E-state index contributed by atoms with van der Waals surface area (Å²) >= 11 is 0. The summed E-state index contributed by atoms with van der Waals surface area (Å²) in [6.45, 7) is 0. The van der Waals surface area contributed by atoms with Gasteiger partial charge in [-0.15, -0.1) is 0 Å². The molecule has 5 aliphatic rings. The number of hydrogen-bond donors (Lipinski definition) is 0. The van der Waals surface area contributed by atoms with Crippen LogP contribution >= 0.6 is 0 Å². The Morgan fingerprint density at radius 2 is 1.00 bits per heavy atom. The van der Waals surface area contributed by atoms with Crippen molar-refractivity contribution in [3.8, 4) is 73.1 Å². The van der Waals surface area contributed by atoms with Crippen molar-refractivity contribution < 1.29 is 0 Å². The highest BCUT2D eigenvalue weighted by Crippen LogP contribution is 2.71. The van der Waals surface area contributed by atoms with E-state index in [0.717, 1.165) is 51.0 Å². The molecular formula is C52H40N2. The molecule has 1 aromatic heterocycles. The second-order valence-corrected chi connectivity index (χ2v) is 16.2. The zero-order valence-electron chi connectivity index (χ0n) is 30.3. The predicted octanol–water partition coefficient (Wildman–Crippen LogP) is 13.0. The van der Waals surface area contributed by atoms with Gasteiger partial charge >= 0.3 is 0 Å². The van der Waals surface area contributed by atoms with Crippen LogP contribution in [-0.4, -0.2) is 4.98 Å². The van der Waals surface area contributed by atoms with E-state index in [-0.39, 0.29) is 5.41 Å². The maximum atomic E-state index is 10.3. The highest BCUT2D eigenvalue weighted by atomic mass is 14.7. The van der Waals surface area contributed by atoms with Gasteiger partial charge in [-0.25, -0.2) is 4.98 Å². The molecule has 6 aromatic carbocycles. The van der Waals surface area contributed by atoms with Gasteiger partial charge in [0.25, 0.3) is 0 Å². The van der Waals surface area contributed by atoms with Crippen LogP contribution in [0.15, 0.2) is 158 Å². The van der Waals surface area contributed by atoms with E-state index in [4.69, 9.17) is 4.98 Å². The number of rotatable bonds is 5. The van der Waals surface area contributed by atoms with Gasteiger partial charge in [-0.1, -0.05) is 140 Å². The first-order chi connectivity index (χ1) is 26.7. The fourth-order valence-corrected chi connectivity index (χ4v) is 11.6. The predicted molar refractivity (Wildman–Crippen MR) is 219 cm³/mol. The van der Waals surface area contributed by atoms with Crippen LogP contribution in [0, 0.1) is 35.0 Å². The molecule has 5 aliphatic carbocycles. The third-order valence-corrected chi connectivity index (χ3v) is 13.5. The molecule has 0 saturated heterocycles. The molecule has 258 valence electrons. The number of aromatic nitrogens is 1. The minimum atomic E-state index is -0.0219. The Morgan fingerprint density at radius 1 is 0.463 bits per heavy atom. The maximum Gasteiger partial charge on any atom is 0.0998 e. The normalized spacial score (nSPS) is 22.9. The Balaban J connectivity index is 1.07. The van der Waals surface area contributed by atoms with Gasteiger partial charge in [-0.2, -0.15) is 5.26 Å². The van der Waals surface area contributed by atoms with Gasteiger partial charge in [0.15, 0.2) is 0 Å². The monoisotopic (exact) mass is 692 g/mol. The van der Waals surface area contributed by atoms with Crippen molar-refractivity contribution in [1.82, 2.24) is 4.98 Å². The van der Waals surface area contributed by atoms with E-state index in [0.29, 0.717) is 11.8 Å². The van der Waals surface area contributed by atoms with E-state index in [1.807, 2.05) is 12.1 Å². The number of benzene rings is 6. The average Bonchev–Trinajstić information content (AvgIpc) is 3.54. The minimum absolute atomic E-state index is 0.0219. The molecule has 2 nitrogen and oxygen atoms in total. The molecule has 54 heavy (non-hydrogen) atoms. The highest BCUT2D eigenvalue weighted by Gasteiger charge is 2.62. The summed E-state index contributed by atoms with van der Waals surface area (Å²) in [5.74, 6) is 2.98. The van der Waals surface area contributed by atoms with Gasteiger partial charge in [0.1, 0.15) is 0 Å². The molecule has 4 bridgehead atoms. The van der Waals surface area contributed by atoms with Gasteiger partial charge in [-0.05, 0) is 130 Å². The number of pyridine rings is 1. The Kier molecular flexibility index (Phi) is 7.15. The van der Waals surface area contributed by atoms with E-state index in [2.05, 4.69) is 152 Å². The van der Waals surface area contributed by atoms with Gasteiger partial charge < -0.3 is 0 Å². The van der Waals surface area contributed by atoms with Gasteiger partial charge in [0.05, 0.1) is 23.0 Å². The van der Waals surface area contributed by atoms with E-state index >= 15 is 0 Å². The molecule has 0 N–H and O–H groups in total. The lowest BCUT2D eigenvalue weighted by Crippen LogP contribution is -2.55. The smallest absolute Gasteiger partial charge is 0.0998 e. The van der Waals surface area contributed by atoms with E-state index in [1.54, 1.807) is 0 Å². The second-order valence-electron chi connectivity index (χ2n) is 16.2. The minimum Gasteiger partial charge on any atom is -0.248 e. The van der Waals surface area contributed by atoms with Crippen molar-refractivity contribution in [2.45, 2.75) is 37.5 Å². The lowest BCUT2D eigenvalue weighted by Gasteiger charge is -2.61. The van der Waals surface area contributed by atoms with E-state index in [9.17, 15) is 5.26 Å². The highest BCUT2D eigenvalue weighted by molar-refractivity contribution is 5.97. The molecule has 0 atom stereocenters. The molecular weight excluding hydrogens is 653 g/mol. The van der Waals surface area contributed by atoms with Crippen LogP contribution in [-0.2, 0) is 5.41 Å². The SMILES string of the molecule is N#Cc1ccccc1-c1cccc2c1C1(c3cccc(-c4ccc(-c5cc(-c6ccccc6)nc(-c6ccccc6)c5)cc4)c3-2)C2CC3CC(C2)CC1C3. The summed E-state index contributed by atoms with van der Waals surface area (Å²) in [5.41, 5.74) is 17.9. The van der Waals surface area contributed by atoms with Crippen molar-refractivity contribution in [3.63, 3.8) is 0 Å². The van der Waals surface area contributed by atoms with Crippen LogP contribution in [0.1, 0.15) is 48.8 Å². The van der Waals surface area contributed by atoms with Gasteiger partial charge in [-0.3, -0.25) is 0 Å². The largest absolute Gasteiger partial charge is 0.248 e. The standard InChI is InChI=1S/C52H40N2/c53-32-39-15-7-8-16-43(39)45-18-9-19-46-50-44(17-10-20-47(50)52(51(45)46)41-26-33-25-34(28-41)29-42(52)27-33)36-23-21-35(22-24-36)40-30-48(37-11-3-1-4-12-37)54-49(31-40)38-13-5-2-6-14-38/h1-24,30-31,33-34,41-42H,25-29H2. The summed E-state index contributed by atoms with van der Waals surface area (Å²) in [6, 6.07) is 59.5. The zero-order chi connectivity index (χ0) is 35.8. The second kappa shape index (κ2) is 12.3. The lowest BCUT2D eigenvalue weighted by atomic mass is 9.42. The third-order valence-electron chi connectivity index (χ3n) is 13.5. The van der Waals surface area contributed by atoms with Crippen LogP contribution in [0.2, 0.25) is 0 Å². The maximum absolute atomic E-state index is 10.3. The first-order valence-corrected chi connectivity index (χ1v) is 19.7. The molecule has 2 heteroatoms. The van der Waals surface area contributed by atoms with Crippen LogP contribution in [0.25, 0.3) is 67.0 Å². The first kappa shape index (κ1) is 31.5. The van der Waals surface area contributed by atoms with E-state index < -0.39 is 0 Å². The van der Waals surface area contributed by atoms with Crippen molar-refractivity contribution in [2.75, 3.05) is 0 Å². The summed E-state index contributed by atoms with van der Waals surface area (Å²) in [5, 5.41) is 10.3. The molecule has 0 radical (unpaired) electrons. The van der Waals surface area contributed by atoms with Gasteiger partial charge in [0.2, 0.25) is 0 Å². The Labute approximate surface area is 317 Å². The molecule has 0 aliphatic heterocycles. The quantitative estimate of drug-likeness (QED) is 0.180. The van der Waals surface area contributed by atoms with E-state index in [1.165, 1.54) is 76.6 Å². The van der Waals surface area contributed by atoms with Crippen molar-refractivity contribution >= 4 is 0 Å². The fraction of sp³-hybridized carbons (Fsp3) is 0.192. The van der Waals surface area contributed by atoms with Crippen molar-refractivity contribution in [2.24, 2.45) is 23.7 Å². The summed E-state index contributed by atoms with van der Waals surface area (Å²) in [7, 11) is 0. The number of nitrogens with zero attached hydrogens (tertiary/aromatic N) is 2. The summed E-state index contributed by atoms with van der Waals surface area (Å²) in [6.07, 6.45) is 6.70. The molecule has 7 aromatic rings. The molecule has 1 spiro atoms. The van der Waals surface area contributed by atoms with Crippen molar-refractivity contribution in [3.05, 3.63) is 174 Å². The van der Waals surface area contributed by atoms with Gasteiger partial charge in [0, 0.05) is 16.5 Å². The first-order valence-electron chi connectivity index (χ1n) is 19.7. The zero-order valence-corrected chi connectivity index (χ0v) is 30.3. The molecule has 1 heterocycles. The number of nitriles is 1. The number of hydrogen-bond acceptors (Lipinski definition) is 2. The lowest BCUT2D eigenvalue weighted by molar-refractivity contribution is -0.0397. The summed E-state index contributed by atoms with van der Waals surface area (Å²) < 4.78 is 0. The van der Waals surface area contributed by atoms with Crippen molar-refractivity contribution in [1.29, 1.82) is 5.26 Å². The van der Waals surface area contributed by atoms with Crippen LogP contribution in [0.3, 0.4) is 0 Å². The molecule has 4 saturated carbocycles. The number of fused-ring (bicyclic) bond motifs is 3. The van der Waals surface area contributed by atoms with Crippen LogP contribution in [0.4, 0.5) is 0 Å². The van der Waals surface area contributed by atoms with Crippen LogP contribution < -0.4 is 0 Å². The molecule has 12 rings (SSSR count).